The van der Waals surface area contributed by atoms with Gasteiger partial charge in [0.25, 0.3) is 11.8 Å². The molecule has 0 aliphatic carbocycles. The van der Waals surface area contributed by atoms with Crippen LogP contribution in [0.1, 0.15) is 48.4 Å². The van der Waals surface area contributed by atoms with Crippen LogP contribution in [0.2, 0.25) is 0 Å². The Bertz CT molecular complexity index is 878. The van der Waals surface area contributed by atoms with E-state index in [0.717, 1.165) is 0 Å². The Balaban J connectivity index is 0. The average Bonchev–Trinajstić information content (AvgIpc) is 3.38. The van der Waals surface area contributed by atoms with Crippen LogP contribution in [0.4, 0.5) is 0 Å². The lowest BCUT2D eigenvalue weighted by Crippen LogP contribution is -2.31. The zero-order chi connectivity index (χ0) is 23.7. The fraction of sp³-hybridized carbons (Fsp3) is 0.500. The third-order valence-electron chi connectivity index (χ3n) is 6.68. The first kappa shape index (κ1) is 36.4. The summed E-state index contributed by atoms with van der Waals surface area (Å²) in [5, 5.41) is 0. The number of amides is 2. The van der Waals surface area contributed by atoms with E-state index < -0.39 is 23.7 Å². The van der Waals surface area contributed by atoms with E-state index in [-0.39, 0.29) is 115 Å². The van der Waals surface area contributed by atoms with Crippen LogP contribution in [-0.2, 0) is 19.2 Å². The van der Waals surface area contributed by atoms with Crippen LogP contribution in [0.3, 0.4) is 0 Å². The fourth-order valence-corrected chi connectivity index (χ4v) is 4.71. The number of nitrogens with zero attached hydrogens (tertiary/aromatic N) is 2. The zero-order valence-electron chi connectivity index (χ0n) is 20.8. The molecular formula is C24H36N2O6S4. The highest BCUT2D eigenvalue weighted by Crippen LogP contribution is 2.28. The van der Waals surface area contributed by atoms with Crippen molar-refractivity contribution in [2.45, 2.75) is 27.7 Å². The molecule has 0 unspecified atom stereocenters. The number of benzene rings is 1. The van der Waals surface area contributed by atoms with Crippen molar-refractivity contribution >= 4 is 88.9 Å². The summed E-state index contributed by atoms with van der Waals surface area (Å²) >= 11 is 0. The first-order valence-corrected chi connectivity index (χ1v) is 10.7. The van der Waals surface area contributed by atoms with Gasteiger partial charge < -0.3 is 9.80 Å². The van der Waals surface area contributed by atoms with E-state index in [9.17, 15) is 28.8 Å². The number of ketones is 4. The maximum atomic E-state index is 12.9. The normalized spacial score (nSPS) is 22.2. The highest BCUT2D eigenvalue weighted by molar-refractivity contribution is 7.59. The van der Waals surface area contributed by atoms with E-state index >= 15 is 0 Å². The minimum Gasteiger partial charge on any atom is -0.337 e. The summed E-state index contributed by atoms with van der Waals surface area (Å²) in [7, 11) is 0. The number of likely N-dealkylation sites (tertiary alicyclic amines) is 2. The quantitative estimate of drug-likeness (QED) is 0.512. The van der Waals surface area contributed by atoms with Crippen LogP contribution in [0.25, 0.3) is 0 Å². The Labute approximate surface area is 239 Å². The molecule has 2 heterocycles. The molecule has 4 atom stereocenters. The molecule has 0 radical (unpaired) electrons. The van der Waals surface area contributed by atoms with E-state index in [1.807, 2.05) is 0 Å². The highest BCUT2D eigenvalue weighted by Gasteiger charge is 2.41. The van der Waals surface area contributed by atoms with Gasteiger partial charge in [-0.15, -0.1) is 0 Å². The van der Waals surface area contributed by atoms with E-state index in [1.54, 1.807) is 24.3 Å². The van der Waals surface area contributed by atoms with E-state index in [4.69, 9.17) is 0 Å². The molecule has 36 heavy (non-hydrogen) atoms. The maximum absolute atomic E-state index is 12.9. The molecule has 2 fully saturated rings. The van der Waals surface area contributed by atoms with Crippen molar-refractivity contribution in [3.63, 3.8) is 0 Å². The lowest BCUT2D eigenvalue weighted by Gasteiger charge is -2.18. The molecule has 2 amide bonds. The van der Waals surface area contributed by atoms with Gasteiger partial charge in [-0.3, -0.25) is 28.8 Å². The summed E-state index contributed by atoms with van der Waals surface area (Å²) in [5.74, 6) is -3.00. The predicted molar refractivity (Wildman–Crippen MR) is 156 cm³/mol. The Kier molecular flexibility index (Phi) is 15.0. The van der Waals surface area contributed by atoms with E-state index in [1.165, 1.54) is 37.5 Å². The first-order valence-electron chi connectivity index (χ1n) is 10.7. The number of hydrogen-bond acceptors (Lipinski definition) is 6. The Morgan fingerprint density at radius 1 is 0.500 bits per heavy atom. The molecule has 12 heteroatoms. The van der Waals surface area contributed by atoms with Gasteiger partial charge in [-0.1, -0.05) is 0 Å². The average molecular weight is 577 g/mol. The Morgan fingerprint density at radius 2 is 0.694 bits per heavy atom. The van der Waals surface area contributed by atoms with E-state index in [0.29, 0.717) is 11.1 Å². The SMILES string of the molecule is CC(=O)[C@@H]1CN(C(=O)c2ccc(C(=O)N3C[C@@H](C(C)=O)[C@H](C(C)=O)C3)cc2)C[C@H]1C(C)=O.S.S.S.S. The van der Waals surface area contributed by atoms with Crippen LogP contribution >= 0.6 is 54.0 Å². The number of Topliss-reactive ketones (excluding diaryl/α,β-unsaturated/α-hetero) is 4. The number of hydrogen-bond donors (Lipinski definition) is 0. The minimum atomic E-state index is -0.490. The summed E-state index contributed by atoms with van der Waals surface area (Å²) in [6.07, 6.45) is 0. The second-order valence-electron chi connectivity index (χ2n) is 8.87. The summed E-state index contributed by atoms with van der Waals surface area (Å²) in [4.78, 5) is 76.3. The number of carbonyl (C=O) groups excluding carboxylic acids is 6. The summed E-state index contributed by atoms with van der Waals surface area (Å²) in [6.45, 7) is 6.53. The van der Waals surface area contributed by atoms with Gasteiger partial charge in [0, 0.05) is 61.0 Å². The first-order chi connectivity index (χ1) is 15.0. The summed E-state index contributed by atoms with van der Waals surface area (Å²) < 4.78 is 0. The van der Waals surface area contributed by atoms with Crippen LogP contribution in [0, 0.1) is 23.7 Å². The summed E-state index contributed by atoms with van der Waals surface area (Å²) in [6, 6.07) is 6.17. The predicted octanol–water partition coefficient (Wildman–Crippen LogP) is 1.87. The van der Waals surface area contributed by atoms with Gasteiger partial charge in [0.1, 0.15) is 23.1 Å². The maximum Gasteiger partial charge on any atom is 0.253 e. The molecule has 3 rings (SSSR count). The standard InChI is InChI=1S/C24H28N2O6.4H2S/c1-13(27)19-9-25(10-20(19)14(2)28)23(31)17-5-7-18(8-6-17)24(32)26-11-21(15(3)29)22(12-26)16(4)30;;;;/h5-8,19-22H,9-12H2,1-4H3;4*1H2/t19-,20-,21-,22-;;;;/m0..../s1. The molecule has 2 saturated heterocycles. The Hall–Kier alpha value is -1.76. The van der Waals surface area contributed by atoms with Crippen molar-refractivity contribution in [2.24, 2.45) is 23.7 Å². The van der Waals surface area contributed by atoms with Crippen LogP contribution in [0.5, 0.6) is 0 Å². The number of rotatable bonds is 6. The zero-order valence-corrected chi connectivity index (χ0v) is 24.8. The lowest BCUT2D eigenvalue weighted by molar-refractivity contribution is -0.128. The lowest BCUT2D eigenvalue weighted by atomic mass is 9.90. The second kappa shape index (κ2) is 14.8. The van der Waals surface area contributed by atoms with Gasteiger partial charge in [-0.05, 0) is 52.0 Å². The molecule has 1 aromatic rings. The van der Waals surface area contributed by atoms with Gasteiger partial charge in [0.05, 0.1) is 0 Å². The van der Waals surface area contributed by atoms with Crippen molar-refractivity contribution < 1.29 is 28.8 Å². The third kappa shape index (κ3) is 7.62. The molecule has 0 spiro atoms. The van der Waals surface area contributed by atoms with Gasteiger partial charge >= 0.3 is 0 Å². The number of carbonyl (C=O) groups is 6. The molecule has 2 aliphatic rings. The highest BCUT2D eigenvalue weighted by atomic mass is 32.1. The van der Waals surface area contributed by atoms with Gasteiger partial charge in [0.15, 0.2) is 0 Å². The van der Waals surface area contributed by atoms with Gasteiger partial charge in [-0.2, -0.15) is 54.0 Å². The largest absolute Gasteiger partial charge is 0.337 e. The molecule has 1 aromatic carbocycles. The molecule has 2 aliphatic heterocycles. The topological polar surface area (TPSA) is 109 Å². The fourth-order valence-electron chi connectivity index (χ4n) is 4.71. The smallest absolute Gasteiger partial charge is 0.253 e. The minimum absolute atomic E-state index is 0. The van der Waals surface area contributed by atoms with Crippen LogP contribution < -0.4 is 0 Å². The van der Waals surface area contributed by atoms with Gasteiger partial charge in [-0.25, -0.2) is 0 Å². The van der Waals surface area contributed by atoms with Crippen LogP contribution in [-0.4, -0.2) is 70.9 Å². The van der Waals surface area contributed by atoms with Crippen molar-refractivity contribution in [3.05, 3.63) is 35.4 Å². The second-order valence-corrected chi connectivity index (χ2v) is 8.87. The van der Waals surface area contributed by atoms with Gasteiger partial charge in [0.2, 0.25) is 0 Å². The van der Waals surface area contributed by atoms with Crippen molar-refractivity contribution in [1.82, 2.24) is 9.80 Å². The molecule has 0 bridgehead atoms. The van der Waals surface area contributed by atoms with Crippen molar-refractivity contribution in [3.8, 4) is 0 Å². The molecule has 0 aromatic heterocycles. The van der Waals surface area contributed by atoms with E-state index in [2.05, 4.69) is 0 Å². The molecule has 0 N–H and O–H groups in total. The van der Waals surface area contributed by atoms with Crippen LogP contribution in [0.15, 0.2) is 24.3 Å². The third-order valence-corrected chi connectivity index (χ3v) is 6.68. The van der Waals surface area contributed by atoms with Crippen molar-refractivity contribution in [2.75, 3.05) is 26.2 Å². The summed E-state index contributed by atoms with van der Waals surface area (Å²) in [5.41, 5.74) is 0.718. The monoisotopic (exact) mass is 576 g/mol. The Morgan fingerprint density at radius 3 is 0.861 bits per heavy atom. The molecule has 8 nitrogen and oxygen atoms in total. The molecule has 202 valence electrons. The molecule has 0 saturated carbocycles. The van der Waals surface area contributed by atoms with Crippen molar-refractivity contribution in [1.29, 1.82) is 0 Å². The molecular weight excluding hydrogens is 541 g/mol.